The number of pyridine rings is 1. The zero-order chi connectivity index (χ0) is 12.7. The average molecular weight is 252 g/mol. The maximum absolute atomic E-state index is 10.5. The van der Waals surface area contributed by atoms with E-state index in [2.05, 4.69) is 10.3 Å². The van der Waals surface area contributed by atoms with Gasteiger partial charge < -0.3 is 5.32 Å². The summed E-state index contributed by atoms with van der Waals surface area (Å²) >= 11 is 1.74. The second-order valence-corrected chi connectivity index (χ2v) is 4.22. The molecular formula is C10H12N4O2S. The summed E-state index contributed by atoms with van der Waals surface area (Å²) in [7, 11) is 0. The van der Waals surface area contributed by atoms with E-state index in [0.29, 0.717) is 12.4 Å². The fourth-order valence-electron chi connectivity index (χ4n) is 1.20. The summed E-state index contributed by atoms with van der Waals surface area (Å²) in [5, 5.41) is 22.4. The molecule has 0 spiro atoms. The second kappa shape index (κ2) is 6.70. The van der Waals surface area contributed by atoms with Gasteiger partial charge in [0.05, 0.1) is 4.92 Å². The van der Waals surface area contributed by atoms with Gasteiger partial charge in [0.2, 0.25) is 0 Å². The number of nitriles is 1. The molecule has 0 saturated heterocycles. The minimum absolute atomic E-state index is 0.170. The van der Waals surface area contributed by atoms with E-state index in [4.69, 9.17) is 5.26 Å². The summed E-state index contributed by atoms with van der Waals surface area (Å²) in [6.07, 6.45) is 4.12. The maximum Gasteiger partial charge on any atom is 0.289 e. The molecule has 1 rings (SSSR count). The first kappa shape index (κ1) is 13.3. The number of rotatable bonds is 6. The van der Waals surface area contributed by atoms with Crippen LogP contribution in [-0.2, 0) is 0 Å². The molecule has 0 bridgehead atoms. The molecule has 0 aliphatic rings. The Hall–Kier alpha value is -1.81. The lowest BCUT2D eigenvalue weighted by Gasteiger charge is -2.05. The number of nitrogens with zero attached hydrogens (tertiary/aromatic N) is 3. The first-order chi connectivity index (χ1) is 8.19. The van der Waals surface area contributed by atoms with Crippen molar-refractivity contribution in [2.24, 2.45) is 0 Å². The van der Waals surface area contributed by atoms with Crippen LogP contribution in [0.25, 0.3) is 0 Å². The van der Waals surface area contributed by atoms with Gasteiger partial charge in [-0.15, -0.1) is 0 Å². The van der Waals surface area contributed by atoms with E-state index in [1.165, 1.54) is 6.07 Å². The highest BCUT2D eigenvalue weighted by molar-refractivity contribution is 7.98. The first-order valence-electron chi connectivity index (χ1n) is 4.96. The van der Waals surface area contributed by atoms with Crippen molar-refractivity contribution >= 4 is 23.3 Å². The number of nitro groups is 1. The van der Waals surface area contributed by atoms with Gasteiger partial charge in [-0.05, 0) is 18.4 Å². The molecular weight excluding hydrogens is 240 g/mol. The number of nitrogens with one attached hydrogen (secondary N) is 1. The van der Waals surface area contributed by atoms with Crippen molar-refractivity contribution < 1.29 is 4.92 Å². The fourth-order valence-corrected chi connectivity index (χ4v) is 1.64. The highest BCUT2D eigenvalue weighted by Gasteiger charge is 2.11. The van der Waals surface area contributed by atoms with E-state index >= 15 is 0 Å². The third-order valence-electron chi connectivity index (χ3n) is 2.02. The zero-order valence-electron chi connectivity index (χ0n) is 9.34. The van der Waals surface area contributed by atoms with Gasteiger partial charge in [-0.1, -0.05) is 0 Å². The van der Waals surface area contributed by atoms with Crippen LogP contribution in [0.5, 0.6) is 0 Å². The summed E-state index contributed by atoms with van der Waals surface area (Å²) in [4.78, 5) is 13.8. The molecule has 1 N–H and O–H groups in total. The van der Waals surface area contributed by atoms with E-state index < -0.39 is 4.92 Å². The molecule has 1 heterocycles. The molecule has 0 amide bonds. The maximum atomic E-state index is 10.5. The van der Waals surface area contributed by atoms with Gasteiger partial charge in [0, 0.05) is 12.6 Å². The number of thioether (sulfide) groups is 1. The van der Waals surface area contributed by atoms with Crippen molar-refractivity contribution in [1.29, 1.82) is 5.26 Å². The van der Waals surface area contributed by atoms with Crippen LogP contribution in [0.4, 0.5) is 11.5 Å². The lowest BCUT2D eigenvalue weighted by Crippen LogP contribution is -2.06. The van der Waals surface area contributed by atoms with Crippen LogP contribution in [0.15, 0.2) is 12.3 Å². The van der Waals surface area contributed by atoms with Crippen LogP contribution in [0.3, 0.4) is 0 Å². The Balaban J connectivity index is 2.73. The standard InChI is InChI=1S/C10H12N4O2S/c1-17-4-2-3-12-10-8(6-11)5-9(7-13-10)14(15)16/h5,7H,2-4H2,1H3,(H,12,13). The topological polar surface area (TPSA) is 91.8 Å². The largest absolute Gasteiger partial charge is 0.369 e. The molecule has 6 nitrogen and oxygen atoms in total. The van der Waals surface area contributed by atoms with Crippen molar-refractivity contribution in [3.63, 3.8) is 0 Å². The summed E-state index contributed by atoms with van der Waals surface area (Å²) < 4.78 is 0. The molecule has 0 atom stereocenters. The molecule has 0 aliphatic heterocycles. The quantitative estimate of drug-likeness (QED) is 0.473. The monoisotopic (exact) mass is 252 g/mol. The van der Waals surface area contributed by atoms with Gasteiger partial charge in [0.15, 0.2) is 0 Å². The van der Waals surface area contributed by atoms with Crippen LogP contribution in [0.2, 0.25) is 0 Å². The van der Waals surface area contributed by atoms with Gasteiger partial charge in [-0.2, -0.15) is 17.0 Å². The highest BCUT2D eigenvalue weighted by Crippen LogP contribution is 2.18. The normalized spacial score (nSPS) is 9.65. The van der Waals surface area contributed by atoms with Crippen LogP contribution in [0, 0.1) is 21.4 Å². The summed E-state index contributed by atoms with van der Waals surface area (Å²) in [5.74, 6) is 1.42. The van der Waals surface area contributed by atoms with Gasteiger partial charge in [-0.25, -0.2) is 4.98 Å². The van der Waals surface area contributed by atoms with Crippen LogP contribution < -0.4 is 5.32 Å². The Morgan fingerprint density at radius 1 is 1.71 bits per heavy atom. The number of aromatic nitrogens is 1. The van der Waals surface area contributed by atoms with E-state index in [1.807, 2.05) is 12.3 Å². The van der Waals surface area contributed by atoms with E-state index in [9.17, 15) is 10.1 Å². The molecule has 0 saturated carbocycles. The Kier molecular flexibility index (Phi) is 5.23. The van der Waals surface area contributed by atoms with Crippen molar-refractivity contribution in [1.82, 2.24) is 4.98 Å². The van der Waals surface area contributed by atoms with Crippen LogP contribution in [-0.4, -0.2) is 28.5 Å². The summed E-state index contributed by atoms with van der Waals surface area (Å²) in [5.41, 5.74) is 0.0274. The van der Waals surface area contributed by atoms with E-state index in [1.54, 1.807) is 11.8 Å². The predicted octanol–water partition coefficient (Wildman–Crippen LogP) is 2.03. The predicted molar refractivity (Wildman–Crippen MR) is 67.1 cm³/mol. The Morgan fingerprint density at radius 3 is 3.06 bits per heavy atom. The molecule has 0 aliphatic carbocycles. The van der Waals surface area contributed by atoms with Crippen molar-refractivity contribution in [2.45, 2.75) is 6.42 Å². The van der Waals surface area contributed by atoms with Gasteiger partial charge in [0.25, 0.3) is 5.69 Å². The van der Waals surface area contributed by atoms with Crippen molar-refractivity contribution in [3.8, 4) is 6.07 Å². The minimum atomic E-state index is -0.564. The molecule has 1 aromatic rings. The van der Waals surface area contributed by atoms with Gasteiger partial charge in [0.1, 0.15) is 23.6 Å². The lowest BCUT2D eigenvalue weighted by molar-refractivity contribution is -0.385. The van der Waals surface area contributed by atoms with Crippen LogP contribution >= 0.6 is 11.8 Å². The first-order valence-corrected chi connectivity index (χ1v) is 6.35. The summed E-state index contributed by atoms with van der Waals surface area (Å²) in [6.45, 7) is 0.695. The number of hydrogen-bond acceptors (Lipinski definition) is 6. The Bertz CT molecular complexity index is 444. The van der Waals surface area contributed by atoms with E-state index in [0.717, 1.165) is 18.4 Å². The molecule has 1 aromatic heterocycles. The SMILES string of the molecule is CSCCCNc1ncc([N+](=O)[O-])cc1C#N. The molecule has 90 valence electrons. The second-order valence-electron chi connectivity index (χ2n) is 3.23. The Labute approximate surface area is 103 Å². The molecule has 0 fully saturated rings. The molecule has 0 aromatic carbocycles. The number of hydrogen-bond donors (Lipinski definition) is 1. The van der Waals surface area contributed by atoms with Crippen molar-refractivity contribution in [2.75, 3.05) is 23.9 Å². The third-order valence-corrected chi connectivity index (χ3v) is 2.72. The fraction of sp³-hybridized carbons (Fsp3) is 0.400. The molecule has 7 heteroatoms. The van der Waals surface area contributed by atoms with Gasteiger partial charge in [-0.3, -0.25) is 10.1 Å². The van der Waals surface area contributed by atoms with Crippen molar-refractivity contribution in [3.05, 3.63) is 27.9 Å². The van der Waals surface area contributed by atoms with Gasteiger partial charge >= 0.3 is 0 Å². The number of anilines is 1. The molecule has 0 unspecified atom stereocenters. The Morgan fingerprint density at radius 2 is 2.47 bits per heavy atom. The minimum Gasteiger partial charge on any atom is -0.369 e. The highest BCUT2D eigenvalue weighted by atomic mass is 32.2. The smallest absolute Gasteiger partial charge is 0.289 e. The molecule has 17 heavy (non-hydrogen) atoms. The van der Waals surface area contributed by atoms with E-state index in [-0.39, 0.29) is 11.3 Å². The average Bonchev–Trinajstić information content (AvgIpc) is 2.34. The summed E-state index contributed by atoms with van der Waals surface area (Å²) in [6, 6.07) is 3.12. The van der Waals surface area contributed by atoms with Crippen LogP contribution in [0.1, 0.15) is 12.0 Å². The third kappa shape index (κ3) is 3.92. The zero-order valence-corrected chi connectivity index (χ0v) is 10.2. The lowest BCUT2D eigenvalue weighted by atomic mass is 10.2. The molecule has 0 radical (unpaired) electrons.